The van der Waals surface area contributed by atoms with Crippen molar-refractivity contribution in [3.05, 3.63) is 53.8 Å². The van der Waals surface area contributed by atoms with Crippen LogP contribution < -0.4 is 25.1 Å². The van der Waals surface area contributed by atoms with Crippen molar-refractivity contribution in [2.45, 2.75) is 20.0 Å². The number of methoxy groups -OCH3 is 1. The van der Waals surface area contributed by atoms with Crippen molar-refractivity contribution < 1.29 is 28.2 Å². The fourth-order valence-corrected chi connectivity index (χ4v) is 2.16. The van der Waals surface area contributed by atoms with Gasteiger partial charge in [0.1, 0.15) is 0 Å². The van der Waals surface area contributed by atoms with E-state index < -0.39 is 23.7 Å². The number of para-hydroxylation sites is 1. The Morgan fingerprint density at radius 3 is 2.48 bits per heavy atom. The third-order valence-electron chi connectivity index (χ3n) is 3.53. The van der Waals surface area contributed by atoms with Gasteiger partial charge in [-0.15, -0.1) is 0 Å². The largest absolute Gasteiger partial charge is 0.493 e. The van der Waals surface area contributed by atoms with Crippen LogP contribution in [0.25, 0.3) is 0 Å². The van der Waals surface area contributed by atoms with Crippen molar-refractivity contribution >= 4 is 11.8 Å². The first-order valence-corrected chi connectivity index (χ1v) is 8.28. The Morgan fingerprint density at radius 1 is 1.07 bits per heavy atom. The summed E-state index contributed by atoms with van der Waals surface area (Å²) in [5.41, 5.74) is 4.79. The van der Waals surface area contributed by atoms with Crippen LogP contribution in [0.1, 0.15) is 24.2 Å². The summed E-state index contributed by atoms with van der Waals surface area (Å²) >= 11 is 0. The molecular formula is C19H21FN2O5. The van der Waals surface area contributed by atoms with Gasteiger partial charge in [-0.2, -0.15) is 0 Å². The zero-order valence-corrected chi connectivity index (χ0v) is 15.2. The van der Waals surface area contributed by atoms with Gasteiger partial charge in [-0.3, -0.25) is 20.4 Å². The van der Waals surface area contributed by atoms with E-state index in [1.165, 1.54) is 44.4 Å². The van der Waals surface area contributed by atoms with Crippen molar-refractivity contribution in [3.63, 3.8) is 0 Å². The van der Waals surface area contributed by atoms with Crippen LogP contribution in [0.5, 0.6) is 17.2 Å². The SMILES string of the molecule is CCOc1cc(C(=O)NNC(=O)C(C)Oc2ccccc2F)ccc1OC. The Hall–Kier alpha value is -3.29. The van der Waals surface area contributed by atoms with Crippen molar-refractivity contribution in [1.29, 1.82) is 0 Å². The molecule has 0 fully saturated rings. The molecule has 8 heteroatoms. The predicted molar refractivity (Wildman–Crippen MR) is 96.3 cm³/mol. The number of nitrogens with one attached hydrogen (secondary N) is 2. The molecule has 7 nitrogen and oxygen atoms in total. The summed E-state index contributed by atoms with van der Waals surface area (Å²) in [6.07, 6.45) is -1.02. The Balaban J connectivity index is 1.95. The van der Waals surface area contributed by atoms with E-state index in [0.29, 0.717) is 18.1 Å². The topological polar surface area (TPSA) is 85.9 Å². The Bertz CT molecular complexity index is 812. The van der Waals surface area contributed by atoms with E-state index in [2.05, 4.69) is 10.9 Å². The summed E-state index contributed by atoms with van der Waals surface area (Å²) in [6, 6.07) is 10.4. The molecule has 2 rings (SSSR count). The van der Waals surface area contributed by atoms with Crippen molar-refractivity contribution in [3.8, 4) is 17.2 Å². The molecule has 2 N–H and O–H groups in total. The van der Waals surface area contributed by atoms with Gasteiger partial charge >= 0.3 is 0 Å². The molecule has 0 aliphatic carbocycles. The van der Waals surface area contributed by atoms with Crippen molar-refractivity contribution in [2.75, 3.05) is 13.7 Å². The van der Waals surface area contributed by atoms with Crippen LogP contribution in [0.3, 0.4) is 0 Å². The molecular weight excluding hydrogens is 355 g/mol. The second-order valence-corrected chi connectivity index (χ2v) is 5.43. The molecule has 0 radical (unpaired) electrons. The van der Waals surface area contributed by atoms with Crippen molar-refractivity contribution in [2.24, 2.45) is 0 Å². The van der Waals surface area contributed by atoms with E-state index in [0.717, 1.165) is 0 Å². The average Bonchev–Trinajstić information content (AvgIpc) is 2.67. The molecule has 2 aromatic rings. The van der Waals surface area contributed by atoms with Crippen molar-refractivity contribution in [1.82, 2.24) is 10.9 Å². The number of rotatable bonds is 7. The maximum Gasteiger partial charge on any atom is 0.279 e. The normalized spacial score (nSPS) is 11.3. The molecule has 27 heavy (non-hydrogen) atoms. The molecule has 0 aromatic heterocycles. The number of ether oxygens (including phenoxy) is 3. The summed E-state index contributed by atoms with van der Waals surface area (Å²) in [5, 5.41) is 0. The van der Waals surface area contributed by atoms with Crippen LogP contribution >= 0.6 is 0 Å². The molecule has 1 unspecified atom stereocenters. The van der Waals surface area contributed by atoms with E-state index in [1.54, 1.807) is 12.1 Å². The highest BCUT2D eigenvalue weighted by atomic mass is 19.1. The lowest BCUT2D eigenvalue weighted by molar-refractivity contribution is -0.128. The highest BCUT2D eigenvalue weighted by Gasteiger charge is 2.18. The molecule has 144 valence electrons. The highest BCUT2D eigenvalue weighted by Crippen LogP contribution is 2.27. The summed E-state index contributed by atoms with van der Waals surface area (Å²) in [5.74, 6) is -0.916. The van der Waals surface area contributed by atoms with Gasteiger partial charge in [0.25, 0.3) is 11.8 Å². The quantitative estimate of drug-likeness (QED) is 0.725. The lowest BCUT2D eigenvalue weighted by Gasteiger charge is -2.16. The number of amides is 2. The van der Waals surface area contributed by atoms with Gasteiger partial charge in [0.05, 0.1) is 13.7 Å². The van der Waals surface area contributed by atoms with Crippen LogP contribution in [0.4, 0.5) is 4.39 Å². The first-order chi connectivity index (χ1) is 13.0. The van der Waals surface area contributed by atoms with Gasteiger partial charge in [0.15, 0.2) is 29.2 Å². The summed E-state index contributed by atoms with van der Waals surface area (Å²) in [4.78, 5) is 24.3. The van der Waals surface area contributed by atoms with E-state index >= 15 is 0 Å². The molecule has 2 amide bonds. The van der Waals surface area contributed by atoms with Gasteiger partial charge in [-0.1, -0.05) is 12.1 Å². The van der Waals surface area contributed by atoms with Crippen LogP contribution in [-0.4, -0.2) is 31.6 Å². The fraction of sp³-hybridized carbons (Fsp3) is 0.263. The lowest BCUT2D eigenvalue weighted by Crippen LogP contribution is -2.47. The van der Waals surface area contributed by atoms with Crippen LogP contribution in [-0.2, 0) is 4.79 Å². The molecule has 0 aliphatic heterocycles. The zero-order valence-electron chi connectivity index (χ0n) is 15.2. The predicted octanol–water partition coefficient (Wildman–Crippen LogP) is 2.46. The number of carbonyl (C=O) groups is 2. The summed E-state index contributed by atoms with van der Waals surface area (Å²) in [7, 11) is 1.49. The minimum Gasteiger partial charge on any atom is -0.493 e. The van der Waals surface area contributed by atoms with E-state index in [4.69, 9.17) is 14.2 Å². The highest BCUT2D eigenvalue weighted by molar-refractivity contribution is 5.96. The third-order valence-corrected chi connectivity index (χ3v) is 3.53. The lowest BCUT2D eigenvalue weighted by atomic mass is 10.2. The van der Waals surface area contributed by atoms with Crippen LogP contribution in [0.2, 0.25) is 0 Å². The molecule has 0 saturated carbocycles. The first-order valence-electron chi connectivity index (χ1n) is 8.28. The molecule has 0 spiro atoms. The maximum atomic E-state index is 13.6. The van der Waals surface area contributed by atoms with E-state index in [1.807, 2.05) is 6.92 Å². The number of hydrogen-bond donors (Lipinski definition) is 2. The van der Waals surface area contributed by atoms with Gasteiger partial charge in [0.2, 0.25) is 0 Å². The van der Waals surface area contributed by atoms with Crippen LogP contribution in [0, 0.1) is 5.82 Å². The second kappa shape index (κ2) is 9.42. The molecule has 1 atom stereocenters. The number of hydrazine groups is 1. The number of benzene rings is 2. The average molecular weight is 376 g/mol. The second-order valence-electron chi connectivity index (χ2n) is 5.43. The molecule has 0 heterocycles. The molecule has 2 aromatic carbocycles. The number of halogens is 1. The maximum absolute atomic E-state index is 13.6. The van der Waals surface area contributed by atoms with Gasteiger partial charge in [-0.25, -0.2) is 4.39 Å². The molecule has 0 saturated heterocycles. The number of carbonyl (C=O) groups excluding carboxylic acids is 2. The van der Waals surface area contributed by atoms with Crippen LogP contribution in [0.15, 0.2) is 42.5 Å². The molecule has 0 bridgehead atoms. The van der Waals surface area contributed by atoms with Gasteiger partial charge in [0, 0.05) is 5.56 Å². The van der Waals surface area contributed by atoms with Gasteiger partial charge in [-0.05, 0) is 44.2 Å². The number of hydrogen-bond acceptors (Lipinski definition) is 5. The van der Waals surface area contributed by atoms with Gasteiger partial charge < -0.3 is 14.2 Å². The summed E-state index contributed by atoms with van der Waals surface area (Å²) < 4.78 is 29.4. The monoisotopic (exact) mass is 376 g/mol. The Morgan fingerprint density at radius 2 is 1.81 bits per heavy atom. The minimum atomic E-state index is -1.02. The summed E-state index contributed by atoms with van der Waals surface area (Å²) in [6.45, 7) is 3.65. The Labute approximate surface area is 156 Å². The standard InChI is InChI=1S/C19H21FN2O5/c1-4-26-17-11-13(9-10-16(17)25-3)19(24)22-21-18(23)12(2)27-15-8-6-5-7-14(15)20/h5-12H,4H2,1-3H3,(H,21,23)(H,22,24). The smallest absolute Gasteiger partial charge is 0.279 e. The fourth-order valence-electron chi connectivity index (χ4n) is 2.16. The Kier molecular flexibility index (Phi) is 6.99. The third kappa shape index (κ3) is 5.34. The van der Waals surface area contributed by atoms with E-state index in [9.17, 15) is 14.0 Å². The zero-order chi connectivity index (χ0) is 19.8. The van der Waals surface area contributed by atoms with E-state index in [-0.39, 0.29) is 11.3 Å². The minimum absolute atomic E-state index is 0.0528. The molecule has 0 aliphatic rings. The first kappa shape index (κ1) is 20.0.